The third-order valence-corrected chi connectivity index (χ3v) is 13.4. The number of hydrogen-bond donors (Lipinski definition) is 0. The fourth-order valence-electron chi connectivity index (χ4n) is 8.71. The van der Waals surface area contributed by atoms with Crippen LogP contribution in [-0.4, -0.2) is 37.2 Å². The predicted molar refractivity (Wildman–Crippen MR) is 334 cm³/mol. The third kappa shape index (κ3) is 62.5. The average molecular weight is 1070 g/mol. The van der Waals surface area contributed by atoms with Gasteiger partial charge in [0.05, 0.1) is 0 Å². The summed E-state index contributed by atoms with van der Waals surface area (Å²) in [6, 6.07) is 0. The number of carbonyl (C=O) groups excluding carboxylic acids is 3. The van der Waals surface area contributed by atoms with E-state index in [4.69, 9.17) is 14.2 Å². The molecule has 438 valence electrons. The van der Waals surface area contributed by atoms with Crippen molar-refractivity contribution < 1.29 is 28.6 Å². The molecule has 6 heteroatoms. The maximum atomic E-state index is 12.9. The van der Waals surface area contributed by atoms with E-state index in [-0.39, 0.29) is 31.6 Å². The normalized spacial score (nSPS) is 12.9. The van der Waals surface area contributed by atoms with Crippen LogP contribution >= 0.6 is 0 Å². The van der Waals surface area contributed by atoms with Crippen molar-refractivity contribution in [2.24, 2.45) is 0 Å². The number of rotatable bonds is 57. The molecule has 0 saturated heterocycles. The van der Waals surface area contributed by atoms with Crippen molar-refractivity contribution in [3.05, 3.63) is 122 Å². The SMILES string of the molecule is CC/C=C\C/C=C\C/C=C\C/C=C\C/C=C\C/C=C\CCC(=O)OC(COC(=O)CCCCC/C=C\C/C=C\C/C=C\CC)COC(=O)CCCCCCCCCCCCCCCCC/C=C\CCCCCCCCCC. The van der Waals surface area contributed by atoms with Gasteiger partial charge in [0.1, 0.15) is 13.2 Å². The molecule has 77 heavy (non-hydrogen) atoms. The van der Waals surface area contributed by atoms with Gasteiger partial charge in [0.2, 0.25) is 0 Å². The molecule has 0 heterocycles. The van der Waals surface area contributed by atoms with Crippen molar-refractivity contribution in [2.75, 3.05) is 13.2 Å². The Kier molecular flexibility index (Phi) is 60.8. The second-order valence-corrected chi connectivity index (χ2v) is 20.9. The number of allylic oxidation sites excluding steroid dienone is 20. The average Bonchev–Trinajstić information content (AvgIpc) is 3.43. The number of hydrogen-bond acceptors (Lipinski definition) is 6. The monoisotopic (exact) mass is 1070 g/mol. The van der Waals surface area contributed by atoms with Gasteiger partial charge in [0.15, 0.2) is 6.10 Å². The van der Waals surface area contributed by atoms with Crippen LogP contribution in [0.1, 0.15) is 290 Å². The first-order chi connectivity index (χ1) is 38.0. The standard InChI is InChI=1S/C71H118O6/c1-4-7-10-13-16-19-22-25-27-29-31-32-33-34-35-36-37-38-40-41-43-46-49-52-55-58-61-64-70(73)76-67-68(66-75-69(72)63-60-57-54-51-48-45-24-21-18-15-12-9-6-3)77-71(74)65-62-59-56-53-50-47-44-42-39-30-28-26-23-20-17-14-11-8-5-2/h8-9,11-12,17-18,20-21,26,28-29,31,39,42,45,47-48,50,56,59,68H,4-7,10,13-16,19,22-25,27,30,32-38,40-41,43-44,46,49,51-55,57-58,60-67H2,1-3H3/b11-8-,12-9-,20-17-,21-18-,28-26-,31-29-,42-39-,48-45-,50-47-,59-56-. The molecule has 0 aromatic rings. The molecule has 0 bridgehead atoms. The van der Waals surface area contributed by atoms with Gasteiger partial charge in [0.25, 0.3) is 0 Å². The summed E-state index contributed by atoms with van der Waals surface area (Å²) in [5.74, 6) is -1.03. The van der Waals surface area contributed by atoms with E-state index in [1.165, 1.54) is 141 Å². The molecular formula is C71H118O6. The molecule has 0 aliphatic heterocycles. The molecule has 1 unspecified atom stereocenters. The minimum Gasteiger partial charge on any atom is -0.462 e. The zero-order chi connectivity index (χ0) is 55.7. The maximum Gasteiger partial charge on any atom is 0.306 e. The summed E-state index contributed by atoms with van der Waals surface area (Å²) in [7, 11) is 0. The third-order valence-electron chi connectivity index (χ3n) is 13.4. The number of carbonyl (C=O) groups is 3. The lowest BCUT2D eigenvalue weighted by molar-refractivity contribution is -0.166. The first-order valence-corrected chi connectivity index (χ1v) is 32.0. The zero-order valence-corrected chi connectivity index (χ0v) is 50.2. The lowest BCUT2D eigenvalue weighted by atomic mass is 10.0. The van der Waals surface area contributed by atoms with Crippen LogP contribution in [0.25, 0.3) is 0 Å². The summed E-state index contributed by atoms with van der Waals surface area (Å²) in [6.07, 6.45) is 89.5. The van der Waals surface area contributed by atoms with Gasteiger partial charge in [-0.3, -0.25) is 14.4 Å². The molecule has 0 rings (SSSR count). The van der Waals surface area contributed by atoms with Crippen LogP contribution in [0.2, 0.25) is 0 Å². The lowest BCUT2D eigenvalue weighted by Gasteiger charge is -2.18. The van der Waals surface area contributed by atoms with Crippen molar-refractivity contribution in [3.63, 3.8) is 0 Å². The summed E-state index contributed by atoms with van der Waals surface area (Å²) in [5, 5.41) is 0. The quantitative estimate of drug-likeness (QED) is 0.0261. The van der Waals surface area contributed by atoms with Gasteiger partial charge in [-0.25, -0.2) is 0 Å². The fraction of sp³-hybridized carbons (Fsp3) is 0.676. The molecule has 0 aliphatic rings. The summed E-state index contributed by atoms with van der Waals surface area (Å²) < 4.78 is 16.8. The molecule has 0 aromatic heterocycles. The van der Waals surface area contributed by atoms with Crippen molar-refractivity contribution >= 4 is 17.9 Å². The Labute approximate surface area is 475 Å². The molecule has 0 amide bonds. The molecular weight excluding hydrogens is 949 g/mol. The van der Waals surface area contributed by atoms with Gasteiger partial charge < -0.3 is 14.2 Å². The lowest BCUT2D eigenvalue weighted by Crippen LogP contribution is -2.30. The van der Waals surface area contributed by atoms with Crippen molar-refractivity contribution in [3.8, 4) is 0 Å². The van der Waals surface area contributed by atoms with Crippen LogP contribution < -0.4 is 0 Å². The van der Waals surface area contributed by atoms with Crippen LogP contribution in [0.4, 0.5) is 0 Å². The first-order valence-electron chi connectivity index (χ1n) is 32.0. The second-order valence-electron chi connectivity index (χ2n) is 20.9. The topological polar surface area (TPSA) is 78.9 Å². The zero-order valence-electron chi connectivity index (χ0n) is 50.2. The maximum absolute atomic E-state index is 12.9. The second kappa shape index (κ2) is 64.3. The van der Waals surface area contributed by atoms with Crippen LogP contribution in [0.15, 0.2) is 122 Å². The van der Waals surface area contributed by atoms with Crippen LogP contribution in [0.3, 0.4) is 0 Å². The number of esters is 3. The summed E-state index contributed by atoms with van der Waals surface area (Å²) in [6.45, 7) is 6.34. The Balaban J connectivity index is 4.37. The van der Waals surface area contributed by atoms with Gasteiger partial charge in [-0.05, 0) is 116 Å². The van der Waals surface area contributed by atoms with Crippen molar-refractivity contribution in [1.29, 1.82) is 0 Å². The molecule has 0 saturated carbocycles. The van der Waals surface area contributed by atoms with Gasteiger partial charge in [0, 0.05) is 19.3 Å². The van der Waals surface area contributed by atoms with Gasteiger partial charge >= 0.3 is 17.9 Å². The Morgan fingerprint density at radius 2 is 0.532 bits per heavy atom. The van der Waals surface area contributed by atoms with Crippen molar-refractivity contribution in [1.82, 2.24) is 0 Å². The highest BCUT2D eigenvalue weighted by Crippen LogP contribution is 2.16. The van der Waals surface area contributed by atoms with E-state index in [9.17, 15) is 14.4 Å². The Bertz CT molecular complexity index is 1600. The van der Waals surface area contributed by atoms with E-state index in [0.717, 1.165) is 103 Å². The molecule has 0 aromatic carbocycles. The minimum absolute atomic E-state index is 0.119. The van der Waals surface area contributed by atoms with Gasteiger partial charge in [-0.15, -0.1) is 0 Å². The van der Waals surface area contributed by atoms with E-state index in [2.05, 4.69) is 130 Å². The largest absolute Gasteiger partial charge is 0.462 e. The number of ether oxygens (including phenoxy) is 3. The summed E-state index contributed by atoms with van der Waals surface area (Å²) in [5.41, 5.74) is 0. The molecule has 6 nitrogen and oxygen atoms in total. The molecule has 0 radical (unpaired) electrons. The van der Waals surface area contributed by atoms with Crippen molar-refractivity contribution in [2.45, 2.75) is 297 Å². The van der Waals surface area contributed by atoms with Gasteiger partial charge in [-0.1, -0.05) is 277 Å². The van der Waals surface area contributed by atoms with E-state index in [0.29, 0.717) is 19.3 Å². The fourth-order valence-corrected chi connectivity index (χ4v) is 8.71. The van der Waals surface area contributed by atoms with Crippen LogP contribution in [-0.2, 0) is 28.6 Å². The molecule has 0 aliphatic carbocycles. The van der Waals surface area contributed by atoms with Crippen LogP contribution in [0, 0.1) is 0 Å². The van der Waals surface area contributed by atoms with E-state index in [1.807, 2.05) is 12.2 Å². The Hall–Kier alpha value is -4.19. The minimum atomic E-state index is -0.834. The highest BCUT2D eigenvalue weighted by atomic mass is 16.6. The molecule has 0 fully saturated rings. The highest BCUT2D eigenvalue weighted by molar-refractivity contribution is 5.71. The van der Waals surface area contributed by atoms with E-state index in [1.54, 1.807) is 0 Å². The summed E-state index contributed by atoms with van der Waals surface area (Å²) >= 11 is 0. The molecule has 1 atom stereocenters. The summed E-state index contributed by atoms with van der Waals surface area (Å²) in [4.78, 5) is 38.2. The highest BCUT2D eigenvalue weighted by Gasteiger charge is 2.19. The number of unbranched alkanes of at least 4 members (excludes halogenated alkanes) is 26. The first kappa shape index (κ1) is 72.8. The van der Waals surface area contributed by atoms with E-state index < -0.39 is 12.1 Å². The Morgan fingerprint density at radius 3 is 0.870 bits per heavy atom. The Morgan fingerprint density at radius 1 is 0.273 bits per heavy atom. The van der Waals surface area contributed by atoms with E-state index >= 15 is 0 Å². The smallest absolute Gasteiger partial charge is 0.306 e. The van der Waals surface area contributed by atoms with Crippen LogP contribution in [0.5, 0.6) is 0 Å². The molecule has 0 spiro atoms. The molecule has 0 N–H and O–H groups in total. The predicted octanol–water partition coefficient (Wildman–Crippen LogP) is 22.0. The van der Waals surface area contributed by atoms with Gasteiger partial charge in [-0.2, -0.15) is 0 Å².